The van der Waals surface area contributed by atoms with Crippen molar-refractivity contribution in [3.05, 3.63) is 53.3 Å². The SMILES string of the molecule is CCC(C)n1ncc(C(=O)NC2CCN(Cc3ccccc3)CC2)c1C. The summed E-state index contributed by atoms with van der Waals surface area (Å²) in [5.41, 5.74) is 3.01. The average molecular weight is 354 g/mol. The number of benzene rings is 1. The van der Waals surface area contributed by atoms with Crippen LogP contribution in [-0.2, 0) is 6.54 Å². The van der Waals surface area contributed by atoms with Gasteiger partial charge in [-0.2, -0.15) is 5.10 Å². The summed E-state index contributed by atoms with van der Waals surface area (Å²) in [6.07, 6.45) is 4.71. The van der Waals surface area contributed by atoms with Crippen LogP contribution in [-0.4, -0.2) is 39.7 Å². The number of nitrogens with zero attached hydrogens (tertiary/aromatic N) is 3. The van der Waals surface area contributed by atoms with E-state index in [-0.39, 0.29) is 11.9 Å². The largest absolute Gasteiger partial charge is 0.349 e. The summed E-state index contributed by atoms with van der Waals surface area (Å²) in [7, 11) is 0. The maximum atomic E-state index is 12.7. The minimum Gasteiger partial charge on any atom is -0.349 e. The fourth-order valence-corrected chi connectivity index (χ4v) is 3.60. The van der Waals surface area contributed by atoms with Gasteiger partial charge in [-0.3, -0.25) is 14.4 Å². The van der Waals surface area contributed by atoms with E-state index in [0.717, 1.165) is 44.6 Å². The Bertz CT molecular complexity index is 717. The number of amides is 1. The summed E-state index contributed by atoms with van der Waals surface area (Å²) in [6, 6.07) is 11.1. The first-order chi connectivity index (χ1) is 12.6. The Labute approximate surface area is 156 Å². The summed E-state index contributed by atoms with van der Waals surface area (Å²) >= 11 is 0. The summed E-state index contributed by atoms with van der Waals surface area (Å²) in [6.45, 7) is 9.27. The molecule has 1 fully saturated rings. The van der Waals surface area contributed by atoms with Gasteiger partial charge >= 0.3 is 0 Å². The van der Waals surface area contributed by atoms with Crippen molar-refractivity contribution in [2.75, 3.05) is 13.1 Å². The number of nitrogens with one attached hydrogen (secondary N) is 1. The Morgan fingerprint density at radius 1 is 1.27 bits per heavy atom. The Morgan fingerprint density at radius 3 is 2.62 bits per heavy atom. The van der Waals surface area contributed by atoms with Gasteiger partial charge in [-0.05, 0) is 38.7 Å². The molecule has 0 radical (unpaired) electrons. The number of hydrogen-bond acceptors (Lipinski definition) is 3. The molecule has 1 aliphatic rings. The minimum absolute atomic E-state index is 0.0126. The van der Waals surface area contributed by atoms with E-state index in [1.54, 1.807) is 6.20 Å². The molecule has 26 heavy (non-hydrogen) atoms. The van der Waals surface area contributed by atoms with Crippen LogP contribution in [0.15, 0.2) is 36.5 Å². The van der Waals surface area contributed by atoms with Crippen molar-refractivity contribution in [3.63, 3.8) is 0 Å². The van der Waals surface area contributed by atoms with Gasteiger partial charge in [-0.15, -0.1) is 0 Å². The molecule has 2 aromatic rings. The van der Waals surface area contributed by atoms with Gasteiger partial charge in [0.1, 0.15) is 0 Å². The van der Waals surface area contributed by atoms with Crippen molar-refractivity contribution in [2.24, 2.45) is 0 Å². The number of carbonyl (C=O) groups excluding carboxylic acids is 1. The highest BCUT2D eigenvalue weighted by atomic mass is 16.1. The standard InChI is InChI=1S/C21H30N4O/c1-4-16(2)25-17(3)20(14-22-25)21(26)23-19-10-12-24(13-11-19)15-18-8-6-5-7-9-18/h5-9,14,16,19H,4,10-13,15H2,1-3H3,(H,23,26). The number of carbonyl (C=O) groups is 1. The van der Waals surface area contributed by atoms with Crippen molar-refractivity contribution in [3.8, 4) is 0 Å². The smallest absolute Gasteiger partial charge is 0.254 e. The lowest BCUT2D eigenvalue weighted by Crippen LogP contribution is -2.44. The molecule has 1 atom stereocenters. The second-order valence-electron chi connectivity index (χ2n) is 7.35. The van der Waals surface area contributed by atoms with Crippen LogP contribution in [0.25, 0.3) is 0 Å². The first-order valence-corrected chi connectivity index (χ1v) is 9.69. The molecular weight excluding hydrogens is 324 g/mol. The highest BCUT2D eigenvalue weighted by Crippen LogP contribution is 2.18. The lowest BCUT2D eigenvalue weighted by molar-refractivity contribution is 0.0908. The maximum Gasteiger partial charge on any atom is 0.254 e. The van der Waals surface area contributed by atoms with Crippen LogP contribution in [0.5, 0.6) is 0 Å². The van der Waals surface area contributed by atoms with E-state index >= 15 is 0 Å². The molecule has 1 saturated heterocycles. The molecule has 2 heterocycles. The predicted molar refractivity (Wildman–Crippen MR) is 104 cm³/mol. The summed E-state index contributed by atoms with van der Waals surface area (Å²) in [5.74, 6) is 0.0126. The predicted octanol–water partition coefficient (Wildman–Crippen LogP) is 3.56. The third-order valence-electron chi connectivity index (χ3n) is 5.47. The van der Waals surface area contributed by atoms with Crippen LogP contribution in [0.3, 0.4) is 0 Å². The van der Waals surface area contributed by atoms with Crippen LogP contribution in [0, 0.1) is 6.92 Å². The van der Waals surface area contributed by atoms with E-state index in [1.807, 2.05) is 11.6 Å². The highest BCUT2D eigenvalue weighted by molar-refractivity contribution is 5.95. The molecule has 5 heteroatoms. The highest BCUT2D eigenvalue weighted by Gasteiger charge is 2.23. The van der Waals surface area contributed by atoms with Gasteiger partial charge in [0.15, 0.2) is 0 Å². The number of rotatable bonds is 6. The van der Waals surface area contributed by atoms with Crippen LogP contribution in [0.1, 0.15) is 60.8 Å². The Hall–Kier alpha value is -2.14. The van der Waals surface area contributed by atoms with E-state index in [2.05, 4.69) is 59.5 Å². The number of hydrogen-bond donors (Lipinski definition) is 1. The topological polar surface area (TPSA) is 50.2 Å². The van der Waals surface area contributed by atoms with E-state index in [4.69, 9.17) is 0 Å². The monoisotopic (exact) mass is 354 g/mol. The lowest BCUT2D eigenvalue weighted by atomic mass is 10.0. The summed E-state index contributed by atoms with van der Waals surface area (Å²) < 4.78 is 1.96. The third kappa shape index (κ3) is 4.33. The van der Waals surface area contributed by atoms with Gasteiger partial charge in [-0.25, -0.2) is 0 Å². The first-order valence-electron chi connectivity index (χ1n) is 9.69. The summed E-state index contributed by atoms with van der Waals surface area (Å²) in [5, 5.41) is 7.62. The van der Waals surface area contributed by atoms with E-state index in [0.29, 0.717) is 11.6 Å². The second kappa shape index (κ2) is 8.49. The molecule has 1 unspecified atom stereocenters. The summed E-state index contributed by atoms with van der Waals surface area (Å²) in [4.78, 5) is 15.1. The Balaban J connectivity index is 1.51. The molecule has 1 amide bonds. The zero-order chi connectivity index (χ0) is 18.5. The molecule has 140 valence electrons. The molecule has 1 aromatic heterocycles. The number of aromatic nitrogens is 2. The second-order valence-corrected chi connectivity index (χ2v) is 7.35. The molecule has 1 aromatic carbocycles. The van der Waals surface area contributed by atoms with Gasteiger partial charge in [-0.1, -0.05) is 37.3 Å². The fraction of sp³-hybridized carbons (Fsp3) is 0.524. The molecule has 1 aliphatic heterocycles. The van der Waals surface area contributed by atoms with Crippen molar-refractivity contribution < 1.29 is 4.79 Å². The lowest BCUT2D eigenvalue weighted by Gasteiger charge is -2.32. The van der Waals surface area contributed by atoms with Gasteiger partial charge in [0.2, 0.25) is 0 Å². The average Bonchev–Trinajstić information content (AvgIpc) is 3.05. The van der Waals surface area contributed by atoms with Crippen LogP contribution in [0.2, 0.25) is 0 Å². The maximum absolute atomic E-state index is 12.7. The van der Waals surface area contributed by atoms with Crippen LogP contribution < -0.4 is 5.32 Å². The fourth-order valence-electron chi connectivity index (χ4n) is 3.60. The quantitative estimate of drug-likeness (QED) is 0.863. The van der Waals surface area contributed by atoms with Gasteiger partial charge in [0, 0.05) is 37.4 Å². The minimum atomic E-state index is 0.0126. The first kappa shape index (κ1) is 18.6. The molecule has 1 N–H and O–H groups in total. The van der Waals surface area contributed by atoms with Crippen molar-refractivity contribution >= 4 is 5.91 Å². The van der Waals surface area contributed by atoms with Gasteiger partial charge in [0.05, 0.1) is 11.8 Å². The van der Waals surface area contributed by atoms with Gasteiger partial charge < -0.3 is 5.32 Å². The zero-order valence-corrected chi connectivity index (χ0v) is 16.1. The molecule has 0 bridgehead atoms. The van der Waals surface area contributed by atoms with Crippen molar-refractivity contribution in [1.29, 1.82) is 0 Å². The molecule has 0 spiro atoms. The molecule has 5 nitrogen and oxygen atoms in total. The molecule has 3 rings (SSSR count). The molecular formula is C21H30N4O. The van der Waals surface area contributed by atoms with Crippen LogP contribution in [0.4, 0.5) is 0 Å². The molecule has 0 saturated carbocycles. The zero-order valence-electron chi connectivity index (χ0n) is 16.1. The third-order valence-corrected chi connectivity index (χ3v) is 5.47. The normalized spacial score (nSPS) is 17.2. The number of piperidine rings is 1. The Kier molecular flexibility index (Phi) is 6.09. The number of likely N-dealkylation sites (tertiary alicyclic amines) is 1. The van der Waals surface area contributed by atoms with E-state index in [1.165, 1.54) is 5.56 Å². The molecule has 0 aliphatic carbocycles. The van der Waals surface area contributed by atoms with Crippen molar-refractivity contribution in [2.45, 2.75) is 58.7 Å². The van der Waals surface area contributed by atoms with Crippen LogP contribution >= 0.6 is 0 Å². The Morgan fingerprint density at radius 2 is 1.96 bits per heavy atom. The van der Waals surface area contributed by atoms with Crippen molar-refractivity contribution in [1.82, 2.24) is 20.0 Å². The van der Waals surface area contributed by atoms with Gasteiger partial charge in [0.25, 0.3) is 5.91 Å². The van der Waals surface area contributed by atoms with E-state index in [9.17, 15) is 4.79 Å². The van der Waals surface area contributed by atoms with E-state index < -0.39 is 0 Å².